The third-order valence-electron chi connectivity index (χ3n) is 2.80. The maximum atomic E-state index is 12.2. The summed E-state index contributed by atoms with van der Waals surface area (Å²) in [4.78, 5) is 12.2. The van der Waals surface area contributed by atoms with Crippen LogP contribution in [0.2, 0.25) is 5.02 Å². The monoisotopic (exact) mass is 297 g/mol. The Hall–Kier alpha value is -2.64. The quantitative estimate of drug-likeness (QED) is 0.530. The molecule has 0 atom stereocenters. The predicted molar refractivity (Wildman–Crippen MR) is 83.6 cm³/mol. The number of carbonyl (C=O) groups is 1. The number of hydrogen-bond donors (Lipinski definition) is 1. The Morgan fingerprint density at radius 3 is 2.48 bits per heavy atom. The largest absolute Gasteiger partial charge is 0.286 e. The van der Waals surface area contributed by atoms with Crippen molar-refractivity contribution >= 4 is 28.8 Å². The average molecular weight is 298 g/mol. The number of hydrazone groups is 1. The van der Waals surface area contributed by atoms with Crippen molar-refractivity contribution in [2.45, 2.75) is 6.92 Å². The molecule has 2 aromatic rings. The molecule has 4 nitrogen and oxygen atoms in total. The van der Waals surface area contributed by atoms with Crippen LogP contribution in [-0.4, -0.2) is 11.5 Å². The molecule has 0 unspecified atom stereocenters. The molecule has 2 aromatic carbocycles. The lowest BCUT2D eigenvalue weighted by molar-refractivity contribution is 0.106. The maximum absolute atomic E-state index is 12.2. The summed E-state index contributed by atoms with van der Waals surface area (Å²) in [5.74, 6) is -0.433. The topological polar surface area (TPSA) is 65.2 Å². The first kappa shape index (κ1) is 14.8. The van der Waals surface area contributed by atoms with Crippen molar-refractivity contribution in [3.63, 3.8) is 0 Å². The van der Waals surface area contributed by atoms with Crippen LogP contribution in [0.1, 0.15) is 15.9 Å². The number of Topliss-reactive ketones (excluding diaryl/α,β-unsaturated/α-hetero) is 1. The van der Waals surface area contributed by atoms with Crippen molar-refractivity contribution < 1.29 is 4.79 Å². The lowest BCUT2D eigenvalue weighted by Crippen LogP contribution is -2.14. The summed E-state index contributed by atoms with van der Waals surface area (Å²) in [5.41, 5.74) is 4.40. The number of para-hydroxylation sites is 1. The van der Waals surface area contributed by atoms with E-state index in [0.717, 1.165) is 5.56 Å². The van der Waals surface area contributed by atoms with Crippen LogP contribution in [-0.2, 0) is 0 Å². The first-order valence-corrected chi connectivity index (χ1v) is 6.59. The van der Waals surface area contributed by atoms with Gasteiger partial charge in [-0.2, -0.15) is 10.4 Å². The van der Waals surface area contributed by atoms with Crippen molar-refractivity contribution in [2.75, 3.05) is 5.43 Å². The van der Waals surface area contributed by atoms with Crippen LogP contribution in [0, 0.1) is 18.3 Å². The number of ketones is 1. The molecule has 0 aliphatic carbocycles. The van der Waals surface area contributed by atoms with E-state index in [4.69, 9.17) is 16.9 Å². The van der Waals surface area contributed by atoms with Crippen LogP contribution in [0.5, 0.6) is 0 Å². The lowest BCUT2D eigenvalue weighted by Gasteiger charge is -2.03. The SMILES string of the molecule is Cc1ccc(C(=O)/C(C#N)=N\Nc2ccccc2Cl)cc1. The molecule has 0 aromatic heterocycles. The summed E-state index contributed by atoms with van der Waals surface area (Å²) in [7, 11) is 0. The standard InChI is InChI=1S/C16H12ClN3O/c1-11-6-8-12(9-7-11)16(21)15(10-18)20-19-14-5-3-2-4-13(14)17/h2-9,19H,1H3/b20-15-. The zero-order valence-electron chi connectivity index (χ0n) is 11.3. The molecule has 0 bridgehead atoms. The second-order valence-electron chi connectivity index (χ2n) is 4.36. The molecule has 104 valence electrons. The van der Waals surface area contributed by atoms with Crippen molar-refractivity contribution in [3.8, 4) is 6.07 Å². The van der Waals surface area contributed by atoms with Crippen LogP contribution in [0.4, 0.5) is 5.69 Å². The third-order valence-corrected chi connectivity index (χ3v) is 3.13. The van der Waals surface area contributed by atoms with Gasteiger partial charge in [-0.25, -0.2) is 0 Å². The number of aryl methyl sites for hydroxylation is 1. The van der Waals surface area contributed by atoms with Gasteiger partial charge < -0.3 is 0 Å². The van der Waals surface area contributed by atoms with Crippen molar-refractivity contribution in [3.05, 3.63) is 64.7 Å². The Kier molecular flexibility index (Phi) is 4.70. The predicted octanol–water partition coefficient (Wildman–Crippen LogP) is 3.82. The van der Waals surface area contributed by atoms with E-state index in [1.165, 1.54) is 0 Å². The Bertz CT molecular complexity index is 730. The minimum absolute atomic E-state index is 0.223. The van der Waals surface area contributed by atoms with E-state index >= 15 is 0 Å². The zero-order valence-corrected chi connectivity index (χ0v) is 12.1. The van der Waals surface area contributed by atoms with Gasteiger partial charge in [0, 0.05) is 5.56 Å². The number of benzene rings is 2. The summed E-state index contributed by atoms with van der Waals surface area (Å²) in [6.45, 7) is 1.92. The van der Waals surface area contributed by atoms with Crippen molar-refractivity contribution in [1.29, 1.82) is 5.26 Å². The highest BCUT2D eigenvalue weighted by Gasteiger charge is 2.13. The molecule has 0 saturated heterocycles. The van der Waals surface area contributed by atoms with E-state index in [-0.39, 0.29) is 5.71 Å². The van der Waals surface area contributed by atoms with Gasteiger partial charge in [0.15, 0.2) is 0 Å². The van der Waals surface area contributed by atoms with Crippen LogP contribution in [0.15, 0.2) is 53.6 Å². The highest BCUT2D eigenvalue weighted by atomic mass is 35.5. The van der Waals surface area contributed by atoms with Crippen LogP contribution < -0.4 is 5.43 Å². The van der Waals surface area contributed by atoms with Gasteiger partial charge in [0.05, 0.1) is 10.7 Å². The van der Waals surface area contributed by atoms with Crippen molar-refractivity contribution in [1.82, 2.24) is 0 Å². The Labute approximate surface area is 127 Å². The summed E-state index contributed by atoms with van der Waals surface area (Å²) < 4.78 is 0. The molecule has 1 N–H and O–H groups in total. The number of rotatable bonds is 4. The van der Waals surface area contributed by atoms with E-state index in [1.54, 1.807) is 42.5 Å². The van der Waals surface area contributed by atoms with Gasteiger partial charge in [0.1, 0.15) is 6.07 Å². The molecule has 0 aliphatic heterocycles. The number of nitrogens with zero attached hydrogens (tertiary/aromatic N) is 2. The number of nitrogens with one attached hydrogen (secondary N) is 1. The summed E-state index contributed by atoms with van der Waals surface area (Å²) in [6.07, 6.45) is 0. The van der Waals surface area contributed by atoms with Gasteiger partial charge in [-0.05, 0) is 19.1 Å². The second kappa shape index (κ2) is 6.69. The van der Waals surface area contributed by atoms with Crippen LogP contribution in [0.25, 0.3) is 0 Å². The molecular weight excluding hydrogens is 286 g/mol. The van der Waals surface area contributed by atoms with E-state index < -0.39 is 5.78 Å². The molecule has 5 heteroatoms. The minimum Gasteiger partial charge on any atom is -0.286 e. The molecule has 0 fully saturated rings. The average Bonchev–Trinajstić information content (AvgIpc) is 2.50. The van der Waals surface area contributed by atoms with E-state index in [2.05, 4.69) is 10.5 Å². The molecule has 0 spiro atoms. The zero-order chi connectivity index (χ0) is 15.2. The van der Waals surface area contributed by atoms with Gasteiger partial charge in [0.2, 0.25) is 11.5 Å². The van der Waals surface area contributed by atoms with Gasteiger partial charge in [-0.3, -0.25) is 10.2 Å². The Morgan fingerprint density at radius 1 is 1.19 bits per heavy atom. The molecule has 0 amide bonds. The highest BCUT2D eigenvalue weighted by molar-refractivity contribution is 6.51. The Balaban J connectivity index is 2.21. The van der Waals surface area contributed by atoms with Gasteiger partial charge in [-0.15, -0.1) is 0 Å². The number of carbonyl (C=O) groups excluding carboxylic acids is 1. The second-order valence-corrected chi connectivity index (χ2v) is 4.77. The number of anilines is 1. The summed E-state index contributed by atoms with van der Waals surface area (Å²) in [6, 6.07) is 15.7. The van der Waals surface area contributed by atoms with Crippen molar-refractivity contribution in [2.24, 2.45) is 5.10 Å². The molecule has 0 radical (unpaired) electrons. The fourth-order valence-corrected chi connectivity index (χ4v) is 1.81. The molecular formula is C16H12ClN3O. The van der Waals surface area contributed by atoms with Gasteiger partial charge in [0.25, 0.3) is 0 Å². The fourth-order valence-electron chi connectivity index (χ4n) is 1.64. The normalized spacial score (nSPS) is 10.8. The highest BCUT2D eigenvalue weighted by Crippen LogP contribution is 2.20. The maximum Gasteiger partial charge on any atom is 0.223 e. The number of nitriles is 1. The Morgan fingerprint density at radius 2 is 1.86 bits per heavy atom. The molecule has 0 aliphatic rings. The molecule has 2 rings (SSSR count). The molecule has 21 heavy (non-hydrogen) atoms. The third kappa shape index (κ3) is 3.68. The smallest absolute Gasteiger partial charge is 0.223 e. The first-order valence-electron chi connectivity index (χ1n) is 6.21. The van der Waals surface area contributed by atoms with Gasteiger partial charge >= 0.3 is 0 Å². The van der Waals surface area contributed by atoms with E-state index in [0.29, 0.717) is 16.3 Å². The summed E-state index contributed by atoms with van der Waals surface area (Å²) in [5, 5.41) is 13.4. The number of hydrogen-bond acceptors (Lipinski definition) is 4. The van der Waals surface area contributed by atoms with Crippen LogP contribution in [0.3, 0.4) is 0 Å². The molecule has 0 saturated carbocycles. The minimum atomic E-state index is -0.433. The van der Waals surface area contributed by atoms with E-state index in [9.17, 15) is 4.79 Å². The lowest BCUT2D eigenvalue weighted by atomic mass is 10.1. The summed E-state index contributed by atoms with van der Waals surface area (Å²) >= 11 is 5.97. The fraction of sp³-hybridized carbons (Fsp3) is 0.0625. The van der Waals surface area contributed by atoms with Gasteiger partial charge in [-0.1, -0.05) is 53.6 Å². The first-order chi connectivity index (χ1) is 10.1. The number of halogens is 1. The molecule has 0 heterocycles. The van der Waals surface area contributed by atoms with E-state index in [1.807, 2.05) is 19.1 Å². The van der Waals surface area contributed by atoms with Crippen LogP contribution >= 0.6 is 11.6 Å².